The average Bonchev–Trinajstić information content (AvgIpc) is 2.58. The van der Waals surface area contributed by atoms with Crippen molar-refractivity contribution in [1.29, 1.82) is 5.41 Å². The molecule has 0 unspecified atom stereocenters. The molecule has 0 bridgehead atoms. The molecule has 2 rings (SSSR count). The average molecular weight is 421 g/mol. The Balaban J connectivity index is 2.36. The first-order valence-corrected chi connectivity index (χ1v) is 9.17. The molecular weight excluding hydrogens is 397 g/mol. The fourth-order valence-corrected chi connectivity index (χ4v) is 3.33. The second kappa shape index (κ2) is 8.34. The van der Waals surface area contributed by atoms with Crippen LogP contribution in [0.1, 0.15) is 26.3 Å². The molecule has 0 aliphatic heterocycles. The van der Waals surface area contributed by atoms with Crippen LogP contribution in [0.4, 0.5) is 11.4 Å². The molecular formula is C19H24IN3. The first kappa shape index (κ1) is 17.8. The van der Waals surface area contributed by atoms with Gasteiger partial charge in [0.15, 0.2) is 0 Å². The Morgan fingerprint density at radius 1 is 0.957 bits per heavy atom. The Kier molecular flexibility index (Phi) is 6.45. The summed E-state index contributed by atoms with van der Waals surface area (Å²) in [6.07, 6.45) is 1.01. The Morgan fingerprint density at radius 2 is 1.65 bits per heavy atom. The van der Waals surface area contributed by atoms with E-state index in [9.17, 15) is 0 Å². The summed E-state index contributed by atoms with van der Waals surface area (Å²) >= 11 is 2.34. The van der Waals surface area contributed by atoms with Gasteiger partial charge in [-0.1, -0.05) is 31.2 Å². The van der Waals surface area contributed by atoms with Gasteiger partial charge in [-0.15, -0.1) is 0 Å². The van der Waals surface area contributed by atoms with Crippen molar-refractivity contribution in [2.45, 2.75) is 27.2 Å². The zero-order chi connectivity index (χ0) is 16.8. The zero-order valence-corrected chi connectivity index (χ0v) is 16.2. The Labute approximate surface area is 153 Å². The second-order valence-electron chi connectivity index (χ2n) is 5.29. The molecule has 1 N–H and O–H groups in total. The molecule has 0 spiro atoms. The van der Waals surface area contributed by atoms with Crippen LogP contribution in [0.25, 0.3) is 0 Å². The lowest BCUT2D eigenvalue weighted by Crippen LogP contribution is -2.44. The van der Waals surface area contributed by atoms with E-state index in [0.717, 1.165) is 34.5 Å². The molecule has 3 nitrogen and oxygen atoms in total. The quantitative estimate of drug-likeness (QED) is 0.412. The Hall–Kier alpha value is -1.56. The number of para-hydroxylation sites is 1. The van der Waals surface area contributed by atoms with Crippen LogP contribution in [0.2, 0.25) is 0 Å². The number of guanidine groups is 1. The zero-order valence-electron chi connectivity index (χ0n) is 14.0. The number of benzene rings is 2. The van der Waals surface area contributed by atoms with Crippen molar-refractivity contribution in [3.63, 3.8) is 0 Å². The van der Waals surface area contributed by atoms with Crippen LogP contribution in [-0.4, -0.2) is 19.0 Å². The van der Waals surface area contributed by atoms with Gasteiger partial charge in [0.1, 0.15) is 0 Å². The minimum atomic E-state index is 0.521. The number of anilines is 2. The molecule has 0 fully saturated rings. The van der Waals surface area contributed by atoms with Crippen LogP contribution in [0.15, 0.2) is 48.5 Å². The molecule has 23 heavy (non-hydrogen) atoms. The van der Waals surface area contributed by atoms with Crippen LogP contribution in [-0.2, 0) is 6.42 Å². The lowest BCUT2D eigenvalue weighted by atomic mass is 10.1. The third-order valence-corrected chi connectivity index (χ3v) is 4.83. The van der Waals surface area contributed by atoms with E-state index < -0.39 is 0 Å². The van der Waals surface area contributed by atoms with Crippen molar-refractivity contribution in [2.24, 2.45) is 0 Å². The van der Waals surface area contributed by atoms with E-state index in [2.05, 4.69) is 89.6 Å². The van der Waals surface area contributed by atoms with Gasteiger partial charge in [-0.2, -0.15) is 0 Å². The molecule has 0 aliphatic rings. The van der Waals surface area contributed by atoms with E-state index in [0.29, 0.717) is 5.96 Å². The molecule has 0 radical (unpaired) electrons. The Morgan fingerprint density at radius 3 is 2.26 bits per heavy atom. The van der Waals surface area contributed by atoms with Crippen molar-refractivity contribution >= 4 is 39.9 Å². The van der Waals surface area contributed by atoms with Gasteiger partial charge in [0, 0.05) is 22.3 Å². The standard InChI is InChI=1S/C19H24IN3/c1-4-15-10-9-11-16(14-15)22(5-2)19(21)23(6-3)18-13-8-7-12-17(18)20/h7-14,21H,4-6H2,1-3H3. The van der Waals surface area contributed by atoms with E-state index in [1.807, 2.05) is 12.1 Å². The van der Waals surface area contributed by atoms with Crippen LogP contribution >= 0.6 is 22.6 Å². The third-order valence-electron chi connectivity index (χ3n) is 3.92. The van der Waals surface area contributed by atoms with Gasteiger partial charge in [0.25, 0.3) is 0 Å². The molecule has 2 aromatic carbocycles. The lowest BCUT2D eigenvalue weighted by Gasteiger charge is -2.33. The monoisotopic (exact) mass is 421 g/mol. The summed E-state index contributed by atoms with van der Waals surface area (Å²) in [4.78, 5) is 4.12. The number of hydrogen-bond donors (Lipinski definition) is 1. The summed E-state index contributed by atoms with van der Waals surface area (Å²) in [5.41, 5.74) is 3.47. The van der Waals surface area contributed by atoms with Crippen LogP contribution in [0.5, 0.6) is 0 Å². The summed E-state index contributed by atoms with van der Waals surface area (Å²) in [6.45, 7) is 7.88. The highest BCUT2D eigenvalue weighted by Crippen LogP contribution is 2.25. The highest BCUT2D eigenvalue weighted by atomic mass is 127. The topological polar surface area (TPSA) is 30.3 Å². The van der Waals surface area contributed by atoms with E-state index in [1.165, 1.54) is 5.56 Å². The highest BCUT2D eigenvalue weighted by Gasteiger charge is 2.19. The molecule has 122 valence electrons. The molecule has 0 heterocycles. The summed E-state index contributed by atoms with van der Waals surface area (Å²) in [5.74, 6) is 0.521. The van der Waals surface area contributed by atoms with Crippen molar-refractivity contribution in [3.8, 4) is 0 Å². The van der Waals surface area contributed by atoms with Gasteiger partial charge in [-0.3, -0.25) is 5.41 Å². The van der Waals surface area contributed by atoms with E-state index >= 15 is 0 Å². The number of halogens is 1. The van der Waals surface area contributed by atoms with Gasteiger partial charge >= 0.3 is 0 Å². The maximum absolute atomic E-state index is 8.75. The fraction of sp³-hybridized carbons (Fsp3) is 0.316. The van der Waals surface area contributed by atoms with Gasteiger partial charge in [-0.25, -0.2) is 0 Å². The normalized spacial score (nSPS) is 10.4. The van der Waals surface area contributed by atoms with Crippen LogP contribution in [0.3, 0.4) is 0 Å². The SMILES string of the molecule is CCc1cccc(N(CC)C(=N)N(CC)c2ccccc2I)c1. The molecule has 0 aliphatic carbocycles. The maximum atomic E-state index is 8.75. The summed E-state index contributed by atoms with van der Waals surface area (Å²) in [5, 5.41) is 8.75. The minimum absolute atomic E-state index is 0.521. The van der Waals surface area contributed by atoms with Crippen molar-refractivity contribution in [2.75, 3.05) is 22.9 Å². The number of nitrogens with zero attached hydrogens (tertiary/aromatic N) is 2. The largest absolute Gasteiger partial charge is 0.313 e. The van der Waals surface area contributed by atoms with Crippen LogP contribution in [0, 0.1) is 8.98 Å². The van der Waals surface area contributed by atoms with Crippen molar-refractivity contribution in [3.05, 3.63) is 57.7 Å². The number of hydrogen-bond acceptors (Lipinski definition) is 1. The van der Waals surface area contributed by atoms with Crippen LogP contribution < -0.4 is 9.80 Å². The molecule has 0 amide bonds. The molecule has 0 saturated heterocycles. The molecule has 0 atom stereocenters. The fourth-order valence-electron chi connectivity index (χ4n) is 2.65. The van der Waals surface area contributed by atoms with Crippen molar-refractivity contribution < 1.29 is 0 Å². The summed E-state index contributed by atoms with van der Waals surface area (Å²) < 4.78 is 1.16. The lowest BCUT2D eigenvalue weighted by molar-refractivity contribution is 0.954. The highest BCUT2D eigenvalue weighted by molar-refractivity contribution is 14.1. The molecule has 0 aromatic heterocycles. The van der Waals surface area contributed by atoms with E-state index in [4.69, 9.17) is 5.41 Å². The maximum Gasteiger partial charge on any atom is 0.202 e. The Bertz CT molecular complexity index is 669. The molecule has 2 aromatic rings. The molecule has 4 heteroatoms. The summed E-state index contributed by atoms with van der Waals surface area (Å²) in [7, 11) is 0. The first-order chi connectivity index (χ1) is 11.1. The van der Waals surface area contributed by atoms with Gasteiger partial charge < -0.3 is 9.80 Å². The smallest absolute Gasteiger partial charge is 0.202 e. The van der Waals surface area contributed by atoms with Gasteiger partial charge in [0.05, 0.1) is 5.69 Å². The number of aryl methyl sites for hydroxylation is 1. The van der Waals surface area contributed by atoms with Crippen molar-refractivity contribution in [1.82, 2.24) is 0 Å². The van der Waals surface area contributed by atoms with E-state index in [1.54, 1.807) is 0 Å². The van der Waals surface area contributed by atoms with E-state index in [-0.39, 0.29) is 0 Å². The first-order valence-electron chi connectivity index (χ1n) is 8.09. The number of nitrogens with one attached hydrogen (secondary N) is 1. The van der Waals surface area contributed by atoms with Gasteiger partial charge in [-0.05, 0) is 72.7 Å². The van der Waals surface area contributed by atoms with Gasteiger partial charge in [0.2, 0.25) is 5.96 Å². The minimum Gasteiger partial charge on any atom is -0.313 e. The summed E-state index contributed by atoms with van der Waals surface area (Å²) in [6, 6.07) is 16.7. The number of rotatable bonds is 5. The predicted molar refractivity (Wildman–Crippen MR) is 109 cm³/mol. The second-order valence-corrected chi connectivity index (χ2v) is 6.45. The third kappa shape index (κ3) is 4.05. The predicted octanol–water partition coefficient (Wildman–Crippen LogP) is 5.14. The molecule has 0 saturated carbocycles.